The molecular formula is C107H88BrCl2Li2Mg2N15OSSiSnZn+2. The van der Waals surface area contributed by atoms with Gasteiger partial charge >= 0.3 is 265 Å². The molecule has 26 rings (SSSR count). The van der Waals surface area contributed by atoms with E-state index in [2.05, 4.69) is 335 Å². The van der Waals surface area contributed by atoms with Crippen LogP contribution in [-0.2, 0) is 17.3 Å². The molecule has 0 spiro atoms. The average molecular weight is 2060 g/mol. The molecule has 638 valence electrons. The van der Waals surface area contributed by atoms with E-state index in [1.165, 1.54) is 122 Å². The van der Waals surface area contributed by atoms with E-state index in [0.29, 0.717) is 11.8 Å². The number of pyridine rings is 8. The fraction of sp³-hybridized carbons (Fsp3) is 0.131. The van der Waals surface area contributed by atoms with Crippen molar-refractivity contribution in [1.82, 2.24) is 66.3 Å². The van der Waals surface area contributed by atoms with Crippen LogP contribution in [-0.4, -0.2) is 146 Å². The van der Waals surface area contributed by atoms with Gasteiger partial charge in [-0.3, -0.25) is 19.9 Å². The first-order valence-electron chi connectivity index (χ1n) is 43.3. The molecule has 0 amide bonds. The predicted octanol–water partition coefficient (Wildman–Crippen LogP) is 12.7. The van der Waals surface area contributed by atoms with Crippen LogP contribution in [0.3, 0.4) is 0 Å². The largest absolute Gasteiger partial charge is 2.00 e. The third-order valence-corrected chi connectivity index (χ3v) is 44.2. The Morgan fingerprint density at radius 3 is 1.63 bits per heavy atom. The van der Waals surface area contributed by atoms with Crippen molar-refractivity contribution >= 4 is 288 Å². The van der Waals surface area contributed by atoms with E-state index in [-0.39, 0.29) is 113 Å². The Balaban J connectivity index is 0.000000128. The molecule has 16 nitrogen and oxygen atoms in total. The van der Waals surface area contributed by atoms with E-state index < -0.39 is 26.5 Å². The van der Waals surface area contributed by atoms with Crippen molar-refractivity contribution in [2.45, 2.75) is 80.4 Å². The van der Waals surface area contributed by atoms with Gasteiger partial charge in [0.1, 0.15) is 11.0 Å². The molecule has 15 heterocycles. The van der Waals surface area contributed by atoms with Gasteiger partial charge in [0.05, 0.1) is 89.9 Å². The first-order valence-corrected chi connectivity index (χ1v) is 59.0. The molecule has 0 saturated carbocycles. The van der Waals surface area contributed by atoms with Gasteiger partial charge in [-0.2, -0.15) is 4.40 Å². The van der Waals surface area contributed by atoms with Crippen LogP contribution in [0.1, 0.15) is 51.8 Å². The Hall–Kier alpha value is -9.64. The number of benzene rings is 11. The number of hydrogen-bond acceptors (Lipinski definition) is 10. The average Bonchev–Trinajstić information content (AvgIpc) is 1.31. The first kappa shape index (κ1) is 100. The van der Waals surface area contributed by atoms with Crippen molar-refractivity contribution < 1.29 is 94.1 Å². The van der Waals surface area contributed by atoms with E-state index in [9.17, 15) is 0 Å². The smallest absolute Gasteiger partial charge is 0.323 e. The quantitative estimate of drug-likeness (QED) is 0.0862. The maximum atomic E-state index is 5.25. The summed E-state index contributed by atoms with van der Waals surface area (Å²) in [7, 11) is 4.96. The van der Waals surface area contributed by atoms with Gasteiger partial charge in [0, 0.05) is 46.0 Å². The van der Waals surface area contributed by atoms with Crippen molar-refractivity contribution in [1.29, 1.82) is 0 Å². The van der Waals surface area contributed by atoms with Gasteiger partial charge in [-0.15, -0.1) is 130 Å². The molecule has 0 atom stereocenters. The number of nitrogens with zero attached hydrogens (tertiary/aromatic N) is 14. The second-order valence-corrected chi connectivity index (χ2v) is 54.3. The Bertz CT molecular complexity index is 8640. The number of fused-ring (bicyclic) bond motifs is 40. The summed E-state index contributed by atoms with van der Waals surface area (Å²) in [5.41, 5.74) is 20.2. The van der Waals surface area contributed by atoms with E-state index in [1.54, 1.807) is 28.2 Å². The number of rotatable bonds is 7. The second kappa shape index (κ2) is 42.5. The van der Waals surface area contributed by atoms with E-state index in [0.717, 1.165) is 111 Å². The van der Waals surface area contributed by atoms with Crippen LogP contribution in [0.25, 0.3) is 186 Å². The van der Waals surface area contributed by atoms with Crippen LogP contribution in [0, 0.1) is 31.2 Å². The molecule has 0 aliphatic rings. The number of nitrogens with one attached hydrogen (secondary N) is 1. The van der Waals surface area contributed by atoms with Crippen LogP contribution < -0.4 is 85.6 Å². The van der Waals surface area contributed by atoms with E-state index >= 15 is 0 Å². The summed E-state index contributed by atoms with van der Waals surface area (Å²) in [6, 6.07) is 98.2. The molecule has 15 aromatic heterocycles. The molecule has 1 N–H and O–H groups in total. The molecule has 0 aliphatic heterocycles. The first-order chi connectivity index (χ1) is 62.7. The summed E-state index contributed by atoms with van der Waals surface area (Å²) in [5, 5.41) is 23.2. The van der Waals surface area contributed by atoms with Crippen LogP contribution in [0.4, 0.5) is 0 Å². The van der Waals surface area contributed by atoms with Crippen molar-refractivity contribution in [3.05, 3.63) is 339 Å². The van der Waals surface area contributed by atoms with Crippen molar-refractivity contribution in [2.24, 2.45) is 0 Å². The number of aromatic nitrogens is 15. The number of halogens is 3. The molecule has 0 bridgehead atoms. The summed E-state index contributed by atoms with van der Waals surface area (Å²) in [4.78, 5) is 41.0. The molecule has 134 heavy (non-hydrogen) atoms. The minimum atomic E-state index is -2.39. The zero-order valence-corrected chi connectivity index (χ0v) is 90.5. The second-order valence-electron chi connectivity index (χ2n) is 33.5. The molecular weight excluding hydrogens is 1970 g/mol. The Morgan fingerprint density at radius 2 is 0.993 bits per heavy atom. The number of H-pyrrole nitrogens is 1. The van der Waals surface area contributed by atoms with Crippen molar-refractivity contribution in [2.75, 3.05) is 7.11 Å². The maximum absolute atomic E-state index is 5.25. The Kier molecular flexibility index (Phi) is 31.8. The van der Waals surface area contributed by atoms with Crippen molar-refractivity contribution in [3.8, 4) is 5.88 Å². The van der Waals surface area contributed by atoms with Gasteiger partial charge in [-0.05, 0) is 80.7 Å². The standard InChI is InChI=1S/C21H16N3.C18H17N2Si.C16H8N3S.C16H11N2O.C16H11N2.C14H9N3.3C2H5.BrH.2ClH.2Li.2Mg.Sn.Zn/c1-13(2)14-7-8-19-17(11-14)15-5-3-4-6-16(15)21-23-18-9-10-22-12-20(18)24(19)21;1-21(2,3)16-10-6-9-14-13-7-4-5-8-15(13)18-19-11-12-20(18)17(14)16;1-2-7-12-10(5-1)11-6-3-4-8-13(11)19-15(12)18-14-16(19)20-9-17-14;1-19-15-10-18-14-9-5-4-7-12(14)11-6-2-3-8-13(11)16(18)17-15;1-11-10-17-16-14-8-3-2-6-12(14)13-7-4-5-9-15(13)18(11)16;1-2-5-11-10(4-1)12-6-3-7-15-13(12)17-9-8-16-14(11)17;3*1-2;;;;;;;;;/h3-5,7-13H,1-2H3;4-7,9-12H,1-3H3;1-6,8-9H;2-7,9-10H,1H3;2-7,9-10H,1H3;1-9H;3*1H2,2H3;3*1H;;;;;;/q4*-1;;;;;;;;;2*+1;2*+2;;+2/p-2. The van der Waals surface area contributed by atoms with Gasteiger partial charge in [-0.1, -0.05) is 140 Å². The van der Waals surface area contributed by atoms with Gasteiger partial charge in [0.2, 0.25) is 11.5 Å². The molecule has 0 saturated heterocycles. The van der Waals surface area contributed by atoms with Crippen LogP contribution in [0.15, 0.2) is 304 Å². The normalized spacial score (nSPS) is 11.4. The molecule has 0 fully saturated rings. The molecule has 11 aromatic carbocycles. The topological polar surface area (TPSA) is 153 Å². The van der Waals surface area contributed by atoms with Crippen molar-refractivity contribution in [3.63, 3.8) is 0 Å². The van der Waals surface area contributed by atoms with Gasteiger partial charge in [0.25, 0.3) is 5.65 Å². The molecule has 0 aliphatic carbocycles. The van der Waals surface area contributed by atoms with Gasteiger partial charge in [-0.25, -0.2) is 19.9 Å². The number of ether oxygens (including phenoxy) is 1. The molecule has 26 aromatic rings. The summed E-state index contributed by atoms with van der Waals surface area (Å²) in [5.74, 6) is 1.11. The monoisotopic (exact) mass is 2050 g/mol. The number of imidazole rings is 6. The molecule has 0 radical (unpaired) electrons. The number of para-hydroxylation sites is 4. The zero-order chi connectivity index (χ0) is 87.6. The number of thiazole rings is 1. The van der Waals surface area contributed by atoms with Gasteiger partial charge < -0.3 is 51.7 Å². The molecule has 0 unspecified atom stereocenters. The minimum Gasteiger partial charge on any atom is -0.323 e. The van der Waals surface area contributed by atoms with E-state index in [4.69, 9.17) is 24.4 Å². The van der Waals surface area contributed by atoms with Crippen LogP contribution in [0.5, 0.6) is 5.88 Å². The SMILES string of the molecule is CC(C)c1ccc2c(c1)c1ccc[c-]c1c1nc3ccncc3n21.COc1cn2c3ccccc3c3ccc[c-]c3c2n1.C[CH2][Sn]([CH2]C)([CH2]C)[c]1cccc2c3ccccc3n3c(C)cnc3c12.C[Si](C)(C)c1cccc2c3ccc[c-]c3c3nccn3c12.[Br-].[Cl-].[Cl][Zn+].[Li+].[Li+].[Mg+2].[Mg+2].[c-]1cccc2c1c1nc3ncsc3n1c1ccccc21.c1ccc2c(c1)c1ccc[nH+]c1n1ccnc21. The number of methoxy groups -OCH3 is 1. The van der Waals surface area contributed by atoms with E-state index in [1.807, 2.05) is 110 Å². The summed E-state index contributed by atoms with van der Waals surface area (Å²) in [6.07, 6.45) is 17.3. The minimum absolute atomic E-state index is 0. The van der Waals surface area contributed by atoms with Crippen LogP contribution >= 0.6 is 21.0 Å². The fourth-order valence-corrected chi connectivity index (χ4v) is 32.5. The number of hydrogen-bond donors (Lipinski definition) is 0. The van der Waals surface area contributed by atoms with Crippen LogP contribution in [0.2, 0.25) is 33.0 Å². The Labute approximate surface area is 871 Å². The van der Waals surface area contributed by atoms with Gasteiger partial charge in [0.15, 0.2) is 5.65 Å². The Morgan fingerprint density at radius 1 is 0.470 bits per heavy atom. The summed E-state index contributed by atoms with van der Waals surface area (Å²) < 4.78 is 24.2. The fourth-order valence-electron chi connectivity index (χ4n) is 19.1. The number of aromatic amines is 1. The zero-order valence-electron chi connectivity index (χ0n) is 76.9. The summed E-state index contributed by atoms with van der Waals surface area (Å²) in [6.45, 7) is 21.0. The third-order valence-electron chi connectivity index (χ3n) is 25.4. The maximum Gasteiger partial charge on any atom is 2.00 e. The third kappa shape index (κ3) is 17.7. The number of aryl methyl sites for hydroxylation is 1. The molecule has 27 heteroatoms. The predicted molar refractivity (Wildman–Crippen MR) is 544 cm³/mol. The summed E-state index contributed by atoms with van der Waals surface area (Å²) >= 11 is 0.0837.